The first-order chi connectivity index (χ1) is 10.8. The second-order valence-electron chi connectivity index (χ2n) is 6.64. The highest BCUT2D eigenvalue weighted by Crippen LogP contribution is 2.21. The summed E-state index contributed by atoms with van der Waals surface area (Å²) in [6.07, 6.45) is 7.83. The van der Waals surface area contributed by atoms with Crippen molar-refractivity contribution < 1.29 is 18.9 Å². The van der Waals surface area contributed by atoms with Crippen LogP contribution in [0.25, 0.3) is 0 Å². The van der Waals surface area contributed by atoms with Crippen molar-refractivity contribution in [2.45, 2.75) is 64.6 Å². The Morgan fingerprint density at radius 1 is 0.727 bits per heavy atom. The van der Waals surface area contributed by atoms with Gasteiger partial charge in [0.05, 0.1) is 38.6 Å². The Labute approximate surface area is 135 Å². The van der Waals surface area contributed by atoms with Gasteiger partial charge in [-0.1, -0.05) is 26.7 Å². The Bertz CT molecular complexity index is 248. The van der Waals surface area contributed by atoms with Gasteiger partial charge in [0.1, 0.15) is 0 Å². The maximum atomic E-state index is 5.99. The topological polar surface area (TPSA) is 36.9 Å². The fraction of sp³-hybridized carbons (Fsp3) is 1.00. The average Bonchev–Trinajstić information content (AvgIpc) is 2.43. The van der Waals surface area contributed by atoms with Crippen LogP contribution in [-0.2, 0) is 18.9 Å². The van der Waals surface area contributed by atoms with Crippen molar-refractivity contribution in [2.75, 3.05) is 39.6 Å². The maximum Gasteiger partial charge on any atom is 0.0644 e. The molecule has 2 rings (SSSR count). The third-order valence-corrected chi connectivity index (χ3v) is 4.89. The van der Waals surface area contributed by atoms with Gasteiger partial charge in [0.15, 0.2) is 0 Å². The minimum atomic E-state index is 0.409. The Balaban J connectivity index is 1.39. The first kappa shape index (κ1) is 18.2. The van der Waals surface area contributed by atoms with Gasteiger partial charge in [0.2, 0.25) is 0 Å². The average molecular weight is 314 g/mol. The number of rotatable bonds is 13. The lowest BCUT2D eigenvalue weighted by molar-refractivity contribution is -0.116. The van der Waals surface area contributed by atoms with Gasteiger partial charge < -0.3 is 18.9 Å². The predicted molar refractivity (Wildman–Crippen MR) is 87.1 cm³/mol. The van der Waals surface area contributed by atoms with Gasteiger partial charge in [-0.25, -0.2) is 0 Å². The molecule has 130 valence electrons. The van der Waals surface area contributed by atoms with E-state index in [4.69, 9.17) is 18.9 Å². The SMILES string of the molecule is CCC(OCCCCCCOC(CC)C1COC1)C1COC1. The summed E-state index contributed by atoms with van der Waals surface area (Å²) in [5.74, 6) is 1.28. The van der Waals surface area contributed by atoms with Crippen LogP contribution in [-0.4, -0.2) is 51.8 Å². The largest absolute Gasteiger partial charge is 0.380 e. The summed E-state index contributed by atoms with van der Waals surface area (Å²) in [6, 6.07) is 0. The third-order valence-electron chi connectivity index (χ3n) is 4.89. The van der Waals surface area contributed by atoms with Gasteiger partial charge in [0, 0.05) is 25.0 Å². The maximum absolute atomic E-state index is 5.99. The molecule has 0 amide bonds. The van der Waals surface area contributed by atoms with Crippen LogP contribution in [0, 0.1) is 11.8 Å². The number of unbranched alkanes of at least 4 members (excludes halogenated alkanes) is 3. The fourth-order valence-corrected chi connectivity index (χ4v) is 3.14. The standard InChI is InChI=1S/C18H34O4/c1-3-17(15-11-19-12-15)21-9-7-5-6-8-10-22-18(4-2)16-13-20-14-16/h15-18H,3-14H2,1-2H3. The van der Waals surface area contributed by atoms with Crippen LogP contribution in [0.3, 0.4) is 0 Å². The highest BCUT2D eigenvalue weighted by atomic mass is 16.5. The molecule has 22 heavy (non-hydrogen) atoms. The fourth-order valence-electron chi connectivity index (χ4n) is 3.14. The van der Waals surface area contributed by atoms with Crippen molar-refractivity contribution >= 4 is 0 Å². The summed E-state index contributed by atoms with van der Waals surface area (Å²) >= 11 is 0. The zero-order valence-electron chi connectivity index (χ0n) is 14.4. The summed E-state index contributed by atoms with van der Waals surface area (Å²) in [4.78, 5) is 0. The summed E-state index contributed by atoms with van der Waals surface area (Å²) in [5, 5.41) is 0. The predicted octanol–water partition coefficient (Wildman–Crippen LogP) is 3.43. The lowest BCUT2D eigenvalue weighted by Crippen LogP contribution is -2.39. The number of hydrogen-bond donors (Lipinski definition) is 0. The number of ether oxygens (including phenoxy) is 4. The van der Waals surface area contributed by atoms with Gasteiger partial charge in [-0.15, -0.1) is 0 Å². The summed E-state index contributed by atoms with van der Waals surface area (Å²) in [5.41, 5.74) is 0. The minimum absolute atomic E-state index is 0.409. The molecule has 2 fully saturated rings. The molecule has 0 aromatic rings. The molecule has 0 N–H and O–H groups in total. The highest BCUT2D eigenvalue weighted by molar-refractivity contribution is 4.75. The van der Waals surface area contributed by atoms with Crippen molar-refractivity contribution in [1.82, 2.24) is 0 Å². The van der Waals surface area contributed by atoms with Crippen molar-refractivity contribution in [2.24, 2.45) is 11.8 Å². The Morgan fingerprint density at radius 2 is 1.14 bits per heavy atom. The Morgan fingerprint density at radius 3 is 1.41 bits per heavy atom. The van der Waals surface area contributed by atoms with Gasteiger partial charge in [0.25, 0.3) is 0 Å². The highest BCUT2D eigenvalue weighted by Gasteiger charge is 2.28. The lowest BCUT2D eigenvalue weighted by atomic mass is 9.98. The molecule has 2 aliphatic rings. The summed E-state index contributed by atoms with van der Waals surface area (Å²) in [7, 11) is 0. The van der Waals surface area contributed by atoms with E-state index in [1.165, 1.54) is 12.8 Å². The zero-order chi connectivity index (χ0) is 15.6. The van der Waals surface area contributed by atoms with Crippen molar-refractivity contribution in [3.05, 3.63) is 0 Å². The van der Waals surface area contributed by atoms with Crippen molar-refractivity contribution in [3.8, 4) is 0 Å². The quantitative estimate of drug-likeness (QED) is 0.488. The van der Waals surface area contributed by atoms with Crippen LogP contribution in [0.1, 0.15) is 52.4 Å². The Kier molecular flexibility index (Phi) is 8.75. The molecule has 2 atom stereocenters. The first-order valence-electron chi connectivity index (χ1n) is 9.23. The molecule has 0 aromatic carbocycles. The lowest BCUT2D eigenvalue weighted by Gasteiger charge is -2.33. The molecule has 2 unspecified atom stereocenters. The van der Waals surface area contributed by atoms with Crippen LogP contribution in [0.2, 0.25) is 0 Å². The van der Waals surface area contributed by atoms with E-state index in [0.29, 0.717) is 24.0 Å². The van der Waals surface area contributed by atoms with Gasteiger partial charge >= 0.3 is 0 Å². The summed E-state index contributed by atoms with van der Waals surface area (Å²) < 4.78 is 22.5. The van der Waals surface area contributed by atoms with Gasteiger partial charge in [-0.2, -0.15) is 0 Å². The molecular formula is C18H34O4. The summed E-state index contributed by atoms with van der Waals surface area (Å²) in [6.45, 7) is 9.76. The number of hydrogen-bond acceptors (Lipinski definition) is 4. The van der Waals surface area contributed by atoms with E-state index in [2.05, 4.69) is 13.8 Å². The van der Waals surface area contributed by atoms with Crippen LogP contribution >= 0.6 is 0 Å². The van der Waals surface area contributed by atoms with E-state index >= 15 is 0 Å². The van der Waals surface area contributed by atoms with Crippen molar-refractivity contribution in [1.29, 1.82) is 0 Å². The molecular weight excluding hydrogens is 280 g/mol. The van der Waals surface area contributed by atoms with E-state index in [9.17, 15) is 0 Å². The first-order valence-corrected chi connectivity index (χ1v) is 9.23. The van der Waals surface area contributed by atoms with Crippen LogP contribution < -0.4 is 0 Å². The van der Waals surface area contributed by atoms with Crippen LogP contribution in [0.4, 0.5) is 0 Å². The second-order valence-corrected chi connectivity index (χ2v) is 6.64. The molecule has 2 heterocycles. The monoisotopic (exact) mass is 314 g/mol. The van der Waals surface area contributed by atoms with Crippen LogP contribution in [0.15, 0.2) is 0 Å². The van der Waals surface area contributed by atoms with E-state index < -0.39 is 0 Å². The van der Waals surface area contributed by atoms with E-state index in [-0.39, 0.29) is 0 Å². The molecule has 2 saturated heterocycles. The third kappa shape index (κ3) is 5.80. The Hall–Kier alpha value is -0.160. The van der Waals surface area contributed by atoms with Crippen LogP contribution in [0.5, 0.6) is 0 Å². The smallest absolute Gasteiger partial charge is 0.0644 e. The molecule has 0 bridgehead atoms. The molecule has 0 radical (unpaired) electrons. The van der Waals surface area contributed by atoms with E-state index in [1.807, 2.05) is 0 Å². The molecule has 0 aromatic heterocycles. The molecule has 4 heteroatoms. The molecule has 0 spiro atoms. The molecule has 0 saturated carbocycles. The molecule has 0 aliphatic carbocycles. The van der Waals surface area contributed by atoms with Crippen molar-refractivity contribution in [3.63, 3.8) is 0 Å². The molecule has 4 nitrogen and oxygen atoms in total. The van der Waals surface area contributed by atoms with Gasteiger partial charge in [-0.3, -0.25) is 0 Å². The van der Waals surface area contributed by atoms with E-state index in [0.717, 1.165) is 65.3 Å². The van der Waals surface area contributed by atoms with E-state index in [1.54, 1.807) is 0 Å². The van der Waals surface area contributed by atoms with Gasteiger partial charge in [-0.05, 0) is 25.7 Å². The zero-order valence-corrected chi connectivity index (χ0v) is 14.4. The second kappa shape index (κ2) is 10.6. The molecule has 2 aliphatic heterocycles. The normalized spacial score (nSPS) is 22.1. The minimum Gasteiger partial charge on any atom is -0.380 e.